The first-order valence-electron chi connectivity index (χ1n) is 8.67. The number of amides is 1. The molecule has 138 valence electrons. The van der Waals surface area contributed by atoms with E-state index in [1.807, 2.05) is 23.1 Å². The first-order valence-corrected chi connectivity index (χ1v) is 8.67. The number of hydrogen-bond donors (Lipinski definition) is 2. The van der Waals surface area contributed by atoms with E-state index in [-0.39, 0.29) is 35.9 Å². The van der Waals surface area contributed by atoms with Gasteiger partial charge in [0, 0.05) is 38.5 Å². The average Bonchev–Trinajstić information content (AvgIpc) is 2.61. The lowest BCUT2D eigenvalue weighted by atomic mass is 9.97. The third-order valence-electron chi connectivity index (χ3n) is 4.86. The number of piperidine rings is 1. The molecule has 1 fully saturated rings. The van der Waals surface area contributed by atoms with Crippen molar-refractivity contribution in [2.75, 3.05) is 26.2 Å². The first-order chi connectivity index (χ1) is 11.6. The fraction of sp³-hybridized carbons (Fsp3) is 0.556. The van der Waals surface area contributed by atoms with E-state index < -0.39 is 0 Å². The van der Waals surface area contributed by atoms with Crippen molar-refractivity contribution < 1.29 is 9.53 Å². The summed E-state index contributed by atoms with van der Waals surface area (Å²) >= 11 is 0. The van der Waals surface area contributed by atoms with Crippen LogP contribution in [0, 0.1) is 5.92 Å². The Morgan fingerprint density at radius 3 is 2.76 bits per heavy atom. The number of halogens is 1. The SMILES string of the molecule is CC(=O)N1CCC(CN=C(N)NC2CCOc3ccccc32)CC1.I. The highest BCUT2D eigenvalue weighted by Gasteiger charge is 2.22. The molecule has 0 spiro atoms. The van der Waals surface area contributed by atoms with E-state index in [0.29, 0.717) is 18.5 Å². The molecule has 1 amide bonds. The maximum Gasteiger partial charge on any atom is 0.219 e. The van der Waals surface area contributed by atoms with Crippen LogP contribution < -0.4 is 15.8 Å². The number of aliphatic imine (C=N–C) groups is 1. The Balaban J connectivity index is 0.00000225. The molecule has 1 aromatic rings. The standard InChI is InChI=1S/C18H26N4O2.HI/c1-13(23)22-9-6-14(7-10-22)12-20-18(19)21-16-8-11-24-17-5-3-2-4-15(16)17;/h2-5,14,16H,6-12H2,1H3,(H3,19,20,21);1H. The Morgan fingerprint density at radius 1 is 1.32 bits per heavy atom. The van der Waals surface area contributed by atoms with Gasteiger partial charge in [-0.25, -0.2) is 0 Å². The zero-order valence-corrected chi connectivity index (χ0v) is 16.9. The van der Waals surface area contributed by atoms with Crippen LogP contribution >= 0.6 is 24.0 Å². The van der Waals surface area contributed by atoms with E-state index in [9.17, 15) is 4.79 Å². The van der Waals surface area contributed by atoms with Gasteiger partial charge in [0.2, 0.25) is 5.91 Å². The van der Waals surface area contributed by atoms with Crippen LogP contribution in [-0.4, -0.2) is 43.0 Å². The first kappa shape index (κ1) is 19.8. The second-order valence-electron chi connectivity index (χ2n) is 6.55. The molecule has 2 aliphatic rings. The van der Waals surface area contributed by atoms with Gasteiger partial charge >= 0.3 is 0 Å². The predicted octanol–water partition coefficient (Wildman–Crippen LogP) is 2.29. The van der Waals surface area contributed by atoms with Crippen LogP contribution in [0.3, 0.4) is 0 Å². The summed E-state index contributed by atoms with van der Waals surface area (Å²) in [7, 11) is 0. The van der Waals surface area contributed by atoms with E-state index in [4.69, 9.17) is 10.5 Å². The molecule has 1 unspecified atom stereocenters. The number of hydrogen-bond acceptors (Lipinski definition) is 3. The van der Waals surface area contributed by atoms with E-state index >= 15 is 0 Å². The van der Waals surface area contributed by atoms with Crippen LogP contribution in [0.5, 0.6) is 5.75 Å². The highest BCUT2D eigenvalue weighted by Crippen LogP contribution is 2.31. The fourth-order valence-electron chi connectivity index (χ4n) is 3.37. The lowest BCUT2D eigenvalue weighted by Crippen LogP contribution is -2.39. The molecule has 0 aromatic heterocycles. The summed E-state index contributed by atoms with van der Waals surface area (Å²) in [6.07, 6.45) is 2.87. The van der Waals surface area contributed by atoms with Gasteiger partial charge in [0.25, 0.3) is 0 Å². The van der Waals surface area contributed by atoms with E-state index in [0.717, 1.165) is 50.2 Å². The lowest BCUT2D eigenvalue weighted by molar-refractivity contribution is -0.130. The molecule has 2 heterocycles. The van der Waals surface area contributed by atoms with Crippen LogP contribution in [0.4, 0.5) is 0 Å². The summed E-state index contributed by atoms with van der Waals surface area (Å²) in [6.45, 7) is 4.69. The zero-order chi connectivity index (χ0) is 16.9. The van der Waals surface area contributed by atoms with Crippen LogP contribution in [-0.2, 0) is 4.79 Å². The van der Waals surface area contributed by atoms with E-state index in [2.05, 4.69) is 16.4 Å². The smallest absolute Gasteiger partial charge is 0.219 e. The van der Waals surface area contributed by atoms with E-state index in [1.54, 1.807) is 6.92 Å². The second-order valence-corrected chi connectivity index (χ2v) is 6.55. The van der Waals surface area contributed by atoms with Crippen molar-refractivity contribution in [1.29, 1.82) is 0 Å². The van der Waals surface area contributed by atoms with Crippen molar-refractivity contribution in [1.82, 2.24) is 10.2 Å². The summed E-state index contributed by atoms with van der Waals surface area (Å²) in [5, 5.41) is 3.32. The topological polar surface area (TPSA) is 80.0 Å². The van der Waals surface area contributed by atoms with Gasteiger partial charge in [-0.3, -0.25) is 9.79 Å². The minimum Gasteiger partial charge on any atom is -0.493 e. The van der Waals surface area contributed by atoms with Gasteiger partial charge in [-0.05, 0) is 24.8 Å². The summed E-state index contributed by atoms with van der Waals surface area (Å²) in [6, 6.07) is 8.19. The van der Waals surface area contributed by atoms with Crippen molar-refractivity contribution >= 4 is 35.8 Å². The molecule has 0 bridgehead atoms. The van der Waals surface area contributed by atoms with Crippen LogP contribution in [0.2, 0.25) is 0 Å². The normalized spacial score (nSPS) is 20.9. The minimum atomic E-state index is 0. The third-order valence-corrected chi connectivity index (χ3v) is 4.86. The van der Waals surface area contributed by atoms with Gasteiger partial charge in [0.05, 0.1) is 12.6 Å². The third kappa shape index (κ3) is 5.23. The number of rotatable bonds is 3. The highest BCUT2D eigenvalue weighted by molar-refractivity contribution is 14.0. The molecule has 0 radical (unpaired) electrons. The molecule has 3 N–H and O–H groups in total. The van der Waals surface area contributed by atoms with Crippen molar-refractivity contribution in [2.24, 2.45) is 16.6 Å². The molecular weight excluding hydrogens is 431 g/mol. The second kappa shape index (κ2) is 9.26. The monoisotopic (exact) mass is 458 g/mol. The molecule has 3 rings (SSSR count). The van der Waals surface area contributed by atoms with Crippen LogP contribution in [0.15, 0.2) is 29.3 Å². The minimum absolute atomic E-state index is 0. The molecule has 1 atom stereocenters. The molecule has 25 heavy (non-hydrogen) atoms. The Labute approximate surface area is 166 Å². The highest BCUT2D eigenvalue weighted by atomic mass is 127. The summed E-state index contributed by atoms with van der Waals surface area (Å²) in [5.41, 5.74) is 7.22. The lowest BCUT2D eigenvalue weighted by Gasteiger charge is -2.30. The van der Waals surface area contributed by atoms with Crippen molar-refractivity contribution in [3.8, 4) is 5.75 Å². The number of carbonyl (C=O) groups is 1. The van der Waals surface area contributed by atoms with Crippen molar-refractivity contribution in [3.63, 3.8) is 0 Å². The van der Waals surface area contributed by atoms with Gasteiger partial charge in [0.15, 0.2) is 5.96 Å². The Bertz CT molecular complexity index is 615. The fourth-order valence-corrected chi connectivity index (χ4v) is 3.37. The van der Waals surface area contributed by atoms with Crippen molar-refractivity contribution in [3.05, 3.63) is 29.8 Å². The van der Waals surface area contributed by atoms with E-state index in [1.165, 1.54) is 0 Å². The number of carbonyl (C=O) groups excluding carboxylic acids is 1. The molecule has 0 saturated carbocycles. The number of likely N-dealkylation sites (tertiary alicyclic amines) is 1. The molecule has 2 aliphatic heterocycles. The Hall–Kier alpha value is -1.51. The zero-order valence-electron chi connectivity index (χ0n) is 14.6. The number of ether oxygens (including phenoxy) is 1. The molecule has 7 heteroatoms. The number of guanidine groups is 1. The quantitative estimate of drug-likeness (QED) is 0.414. The number of nitrogens with two attached hydrogens (primary N) is 1. The van der Waals surface area contributed by atoms with Crippen LogP contribution in [0.1, 0.15) is 37.8 Å². The molecular formula is C18H27IN4O2. The van der Waals surface area contributed by atoms with Crippen molar-refractivity contribution in [2.45, 2.75) is 32.2 Å². The number of benzene rings is 1. The number of nitrogens with zero attached hydrogens (tertiary/aromatic N) is 2. The van der Waals surface area contributed by atoms with Gasteiger partial charge < -0.3 is 20.7 Å². The molecule has 0 aliphatic carbocycles. The van der Waals surface area contributed by atoms with Gasteiger partial charge in [-0.2, -0.15) is 0 Å². The summed E-state index contributed by atoms with van der Waals surface area (Å²) < 4.78 is 5.67. The maximum absolute atomic E-state index is 11.4. The number of para-hydroxylation sites is 1. The molecule has 6 nitrogen and oxygen atoms in total. The van der Waals surface area contributed by atoms with Crippen LogP contribution in [0.25, 0.3) is 0 Å². The van der Waals surface area contributed by atoms with Gasteiger partial charge in [-0.15, -0.1) is 24.0 Å². The Kier molecular flexibility index (Phi) is 7.34. The summed E-state index contributed by atoms with van der Waals surface area (Å²) in [5.74, 6) is 2.08. The summed E-state index contributed by atoms with van der Waals surface area (Å²) in [4.78, 5) is 17.8. The largest absolute Gasteiger partial charge is 0.493 e. The number of fused-ring (bicyclic) bond motifs is 1. The predicted molar refractivity (Wildman–Crippen MR) is 109 cm³/mol. The van der Waals surface area contributed by atoms with Gasteiger partial charge in [0.1, 0.15) is 5.75 Å². The Morgan fingerprint density at radius 2 is 2.04 bits per heavy atom. The maximum atomic E-state index is 11.4. The molecule has 1 aromatic carbocycles. The van der Waals surface area contributed by atoms with Gasteiger partial charge in [-0.1, -0.05) is 18.2 Å². The average molecular weight is 458 g/mol. The number of nitrogens with one attached hydrogen (secondary N) is 1. The molecule has 1 saturated heterocycles.